The summed E-state index contributed by atoms with van der Waals surface area (Å²) in [5, 5.41) is 2.69. The molecule has 0 atom stereocenters. The molecular formula is C14H12BrNO4. The van der Waals surface area contributed by atoms with Crippen LogP contribution in [0.5, 0.6) is 5.75 Å². The Morgan fingerprint density at radius 2 is 2.10 bits per heavy atom. The van der Waals surface area contributed by atoms with Gasteiger partial charge in [0, 0.05) is 16.2 Å². The molecule has 104 valence electrons. The summed E-state index contributed by atoms with van der Waals surface area (Å²) in [5.74, 6) is -0.505. The predicted molar refractivity (Wildman–Crippen MR) is 78.4 cm³/mol. The van der Waals surface area contributed by atoms with Crippen LogP contribution in [0.25, 0.3) is 0 Å². The highest BCUT2D eigenvalue weighted by Gasteiger charge is 2.13. The molecule has 0 unspecified atom stereocenters. The molecule has 1 aromatic heterocycles. The molecular weight excluding hydrogens is 326 g/mol. The largest absolute Gasteiger partial charge is 0.490 e. The quantitative estimate of drug-likeness (QED) is 0.934. The fraction of sp³-hybridized carbons (Fsp3) is 0.143. The van der Waals surface area contributed by atoms with Gasteiger partial charge in [-0.05, 0) is 30.7 Å². The van der Waals surface area contributed by atoms with Crippen LogP contribution in [0.1, 0.15) is 16.1 Å². The number of aryl methyl sites for hydroxylation is 1. The van der Waals surface area contributed by atoms with Crippen molar-refractivity contribution < 1.29 is 13.9 Å². The molecule has 0 fully saturated rings. The smallest absolute Gasteiger partial charge is 0.291 e. The first-order valence-corrected chi connectivity index (χ1v) is 6.55. The molecule has 0 bridgehead atoms. The third-order valence-electron chi connectivity index (χ3n) is 2.68. The molecule has 0 radical (unpaired) electrons. The summed E-state index contributed by atoms with van der Waals surface area (Å²) >= 11 is 3.35. The van der Waals surface area contributed by atoms with E-state index in [1.54, 1.807) is 6.07 Å². The second kappa shape index (κ2) is 5.92. The fourth-order valence-corrected chi connectivity index (χ4v) is 2.09. The predicted octanol–water partition coefficient (Wildman–Crippen LogP) is 2.97. The van der Waals surface area contributed by atoms with E-state index in [1.165, 1.54) is 7.11 Å². The number of amides is 1. The minimum Gasteiger partial charge on any atom is -0.490 e. The van der Waals surface area contributed by atoms with Gasteiger partial charge in [-0.2, -0.15) is 0 Å². The topological polar surface area (TPSA) is 68.5 Å². The van der Waals surface area contributed by atoms with Gasteiger partial charge in [-0.25, -0.2) is 0 Å². The standard InChI is InChI=1S/C14H12BrNO4/c1-8-5-9(15)3-4-10(8)16-14(18)12-6-11(17)13(19-2)7-20-12/h3-7H,1-2H3,(H,16,18). The van der Waals surface area contributed by atoms with Crippen molar-refractivity contribution in [2.75, 3.05) is 12.4 Å². The van der Waals surface area contributed by atoms with Crippen molar-refractivity contribution in [3.63, 3.8) is 0 Å². The zero-order valence-corrected chi connectivity index (χ0v) is 12.5. The molecule has 1 N–H and O–H groups in total. The highest BCUT2D eigenvalue weighted by atomic mass is 79.9. The molecule has 20 heavy (non-hydrogen) atoms. The second-order valence-electron chi connectivity index (χ2n) is 4.09. The summed E-state index contributed by atoms with van der Waals surface area (Å²) in [5.41, 5.74) is 1.14. The summed E-state index contributed by atoms with van der Waals surface area (Å²) in [6.45, 7) is 1.87. The van der Waals surface area contributed by atoms with Crippen molar-refractivity contribution in [2.45, 2.75) is 6.92 Å². The lowest BCUT2D eigenvalue weighted by Gasteiger charge is -2.08. The molecule has 0 saturated carbocycles. The molecule has 1 amide bonds. The van der Waals surface area contributed by atoms with E-state index in [0.29, 0.717) is 5.69 Å². The van der Waals surface area contributed by atoms with Crippen molar-refractivity contribution in [3.05, 3.63) is 56.5 Å². The van der Waals surface area contributed by atoms with Crippen LogP contribution in [0.2, 0.25) is 0 Å². The monoisotopic (exact) mass is 337 g/mol. The van der Waals surface area contributed by atoms with E-state index in [0.717, 1.165) is 22.4 Å². The van der Waals surface area contributed by atoms with Crippen LogP contribution >= 0.6 is 15.9 Å². The Kier molecular flexibility index (Phi) is 4.24. The minimum atomic E-state index is -0.491. The van der Waals surface area contributed by atoms with E-state index in [2.05, 4.69) is 21.2 Å². The molecule has 1 heterocycles. The van der Waals surface area contributed by atoms with Gasteiger partial charge in [0.25, 0.3) is 5.91 Å². The number of methoxy groups -OCH3 is 1. The number of nitrogens with one attached hydrogen (secondary N) is 1. The van der Waals surface area contributed by atoms with E-state index in [-0.39, 0.29) is 11.5 Å². The van der Waals surface area contributed by atoms with Crippen molar-refractivity contribution in [1.29, 1.82) is 0 Å². The molecule has 0 aliphatic rings. The van der Waals surface area contributed by atoms with Crippen LogP contribution in [-0.2, 0) is 0 Å². The van der Waals surface area contributed by atoms with Crippen LogP contribution in [-0.4, -0.2) is 13.0 Å². The summed E-state index contributed by atoms with van der Waals surface area (Å²) < 4.78 is 10.8. The lowest BCUT2D eigenvalue weighted by atomic mass is 10.2. The number of benzene rings is 1. The number of rotatable bonds is 3. The van der Waals surface area contributed by atoms with Gasteiger partial charge in [-0.15, -0.1) is 0 Å². The highest BCUT2D eigenvalue weighted by molar-refractivity contribution is 9.10. The van der Waals surface area contributed by atoms with Crippen molar-refractivity contribution in [1.82, 2.24) is 0 Å². The van der Waals surface area contributed by atoms with E-state index in [9.17, 15) is 9.59 Å². The lowest BCUT2D eigenvalue weighted by Crippen LogP contribution is -2.15. The van der Waals surface area contributed by atoms with Gasteiger partial charge in [0.15, 0.2) is 5.76 Å². The van der Waals surface area contributed by atoms with Crippen LogP contribution in [0.3, 0.4) is 0 Å². The van der Waals surface area contributed by atoms with Gasteiger partial charge < -0.3 is 14.5 Å². The van der Waals surface area contributed by atoms with Crippen molar-refractivity contribution in [3.8, 4) is 5.75 Å². The number of ether oxygens (including phenoxy) is 1. The molecule has 2 aromatic rings. The minimum absolute atomic E-state index is 0.0568. The first kappa shape index (κ1) is 14.3. The maximum absolute atomic E-state index is 12.0. The molecule has 5 nitrogen and oxygen atoms in total. The summed E-state index contributed by atoms with van der Waals surface area (Å²) in [4.78, 5) is 23.6. The van der Waals surface area contributed by atoms with Crippen LogP contribution in [0.4, 0.5) is 5.69 Å². The number of hydrogen-bond acceptors (Lipinski definition) is 4. The van der Waals surface area contributed by atoms with Crippen LogP contribution in [0, 0.1) is 6.92 Å². The number of halogens is 1. The maximum atomic E-state index is 12.0. The van der Waals surface area contributed by atoms with E-state index < -0.39 is 11.3 Å². The Morgan fingerprint density at radius 3 is 2.70 bits per heavy atom. The van der Waals surface area contributed by atoms with Gasteiger partial charge in [0.2, 0.25) is 11.2 Å². The average Bonchev–Trinajstić information content (AvgIpc) is 2.41. The summed E-state index contributed by atoms with van der Waals surface area (Å²) in [7, 11) is 1.36. The van der Waals surface area contributed by atoms with E-state index >= 15 is 0 Å². The number of carbonyl (C=O) groups excluding carboxylic acids is 1. The van der Waals surface area contributed by atoms with Gasteiger partial charge in [-0.3, -0.25) is 9.59 Å². The Labute approximate surface area is 123 Å². The molecule has 0 saturated heterocycles. The second-order valence-corrected chi connectivity index (χ2v) is 5.01. The van der Waals surface area contributed by atoms with E-state index in [4.69, 9.17) is 9.15 Å². The van der Waals surface area contributed by atoms with Crippen molar-refractivity contribution >= 4 is 27.5 Å². The van der Waals surface area contributed by atoms with Crippen LogP contribution < -0.4 is 15.5 Å². The maximum Gasteiger partial charge on any atom is 0.291 e. The molecule has 0 spiro atoms. The number of anilines is 1. The van der Waals surface area contributed by atoms with E-state index in [1.807, 2.05) is 19.1 Å². The lowest BCUT2D eigenvalue weighted by molar-refractivity contribution is 0.0993. The summed E-state index contributed by atoms with van der Waals surface area (Å²) in [6, 6.07) is 6.55. The SMILES string of the molecule is COc1coc(C(=O)Nc2ccc(Br)cc2C)cc1=O. The molecule has 0 aliphatic carbocycles. The Bertz CT molecular complexity index is 709. The van der Waals surface area contributed by atoms with Gasteiger partial charge >= 0.3 is 0 Å². The average molecular weight is 338 g/mol. The van der Waals surface area contributed by atoms with Crippen molar-refractivity contribution in [2.24, 2.45) is 0 Å². The normalized spacial score (nSPS) is 10.2. The fourth-order valence-electron chi connectivity index (χ4n) is 1.62. The molecule has 1 aromatic carbocycles. The molecule has 6 heteroatoms. The van der Waals surface area contributed by atoms with Crippen LogP contribution in [0.15, 0.2) is 44.2 Å². The first-order chi connectivity index (χ1) is 9.51. The van der Waals surface area contributed by atoms with Gasteiger partial charge in [0.1, 0.15) is 6.26 Å². The molecule has 0 aliphatic heterocycles. The Morgan fingerprint density at radius 1 is 1.35 bits per heavy atom. The molecule has 2 rings (SSSR count). The zero-order chi connectivity index (χ0) is 14.7. The third kappa shape index (κ3) is 3.08. The third-order valence-corrected chi connectivity index (χ3v) is 3.17. The highest BCUT2D eigenvalue weighted by Crippen LogP contribution is 2.20. The van der Waals surface area contributed by atoms with Gasteiger partial charge in [0.05, 0.1) is 7.11 Å². The number of hydrogen-bond donors (Lipinski definition) is 1. The van der Waals surface area contributed by atoms with Gasteiger partial charge in [-0.1, -0.05) is 15.9 Å². The first-order valence-electron chi connectivity index (χ1n) is 5.75. The summed E-state index contributed by atoms with van der Waals surface area (Å²) in [6.07, 6.45) is 1.12. The zero-order valence-electron chi connectivity index (χ0n) is 10.9. The Hall–Kier alpha value is -2.08. The number of carbonyl (C=O) groups is 1. The Balaban J connectivity index is 2.24.